The van der Waals surface area contributed by atoms with E-state index >= 15 is 0 Å². The van der Waals surface area contributed by atoms with Gasteiger partial charge in [0.15, 0.2) is 0 Å². The second-order valence-corrected chi connectivity index (χ2v) is 6.73. The van der Waals surface area contributed by atoms with Crippen molar-refractivity contribution >= 4 is 5.91 Å². The largest absolute Gasteiger partial charge is 0.493 e. The molecule has 1 aromatic rings. The minimum absolute atomic E-state index is 0.0819. The first kappa shape index (κ1) is 12.2. The lowest BCUT2D eigenvalue weighted by molar-refractivity contribution is -0.123. The highest BCUT2D eigenvalue weighted by Crippen LogP contribution is 2.60. The molecule has 2 fully saturated rings. The Hall–Kier alpha value is -1.51. The fourth-order valence-electron chi connectivity index (χ4n) is 3.82. The van der Waals surface area contributed by atoms with Crippen molar-refractivity contribution in [2.24, 2.45) is 17.1 Å². The molecular weight excluding hydrogens is 250 g/mol. The van der Waals surface area contributed by atoms with E-state index in [1.165, 1.54) is 17.5 Å². The van der Waals surface area contributed by atoms with Gasteiger partial charge in [0.1, 0.15) is 5.75 Å². The zero-order valence-electron chi connectivity index (χ0n) is 11.7. The molecule has 1 heterocycles. The number of hydrogen-bond acceptors (Lipinski definition) is 2. The molecule has 0 spiro atoms. The van der Waals surface area contributed by atoms with Crippen LogP contribution in [0.15, 0.2) is 18.2 Å². The summed E-state index contributed by atoms with van der Waals surface area (Å²) in [7, 11) is 0. The number of fused-ring (bicyclic) bond motifs is 1. The Bertz CT molecular complexity index is 562. The Morgan fingerprint density at radius 1 is 1.40 bits per heavy atom. The van der Waals surface area contributed by atoms with Gasteiger partial charge in [0.05, 0.1) is 6.61 Å². The molecule has 2 unspecified atom stereocenters. The third kappa shape index (κ3) is 1.91. The molecule has 2 N–H and O–H groups in total. The minimum atomic E-state index is -0.148. The predicted octanol–water partition coefficient (Wildman–Crippen LogP) is 2.77. The lowest BCUT2D eigenvalue weighted by Gasteiger charge is -2.20. The van der Waals surface area contributed by atoms with Gasteiger partial charge in [-0.05, 0) is 67.6 Å². The molecule has 1 aromatic carbocycles. The Morgan fingerprint density at radius 3 is 3.00 bits per heavy atom. The Morgan fingerprint density at radius 2 is 2.25 bits per heavy atom. The van der Waals surface area contributed by atoms with Crippen molar-refractivity contribution in [3.63, 3.8) is 0 Å². The van der Waals surface area contributed by atoms with Gasteiger partial charge in [-0.2, -0.15) is 0 Å². The molecule has 4 rings (SSSR count). The predicted molar refractivity (Wildman–Crippen MR) is 76.6 cm³/mol. The van der Waals surface area contributed by atoms with Crippen molar-refractivity contribution in [2.45, 2.75) is 44.4 Å². The van der Waals surface area contributed by atoms with E-state index in [9.17, 15) is 4.79 Å². The summed E-state index contributed by atoms with van der Waals surface area (Å²) in [4.78, 5) is 11.5. The maximum absolute atomic E-state index is 11.5. The molecule has 0 bridgehead atoms. The van der Waals surface area contributed by atoms with Gasteiger partial charge in [-0.3, -0.25) is 4.79 Å². The average molecular weight is 271 g/mol. The quantitative estimate of drug-likeness (QED) is 0.915. The molecule has 20 heavy (non-hydrogen) atoms. The number of carbonyl (C=O) groups excluding carboxylic acids is 1. The molecular formula is C17H21NO2. The molecule has 3 heteroatoms. The Labute approximate surface area is 119 Å². The van der Waals surface area contributed by atoms with Crippen LogP contribution in [0.25, 0.3) is 0 Å². The van der Waals surface area contributed by atoms with Gasteiger partial charge in [-0.15, -0.1) is 0 Å². The van der Waals surface area contributed by atoms with Crippen LogP contribution in [0, 0.1) is 11.3 Å². The summed E-state index contributed by atoms with van der Waals surface area (Å²) in [5.74, 6) is 2.28. The fourth-order valence-corrected chi connectivity index (χ4v) is 3.82. The number of rotatable bonds is 4. The van der Waals surface area contributed by atoms with Crippen LogP contribution in [-0.2, 0) is 11.2 Å². The third-order valence-corrected chi connectivity index (χ3v) is 5.35. The van der Waals surface area contributed by atoms with Gasteiger partial charge in [0.2, 0.25) is 5.91 Å². The van der Waals surface area contributed by atoms with Crippen LogP contribution in [0.4, 0.5) is 0 Å². The smallest absolute Gasteiger partial charge is 0.223 e. The highest BCUT2D eigenvalue weighted by Gasteiger charge is 2.54. The molecule has 1 amide bonds. The van der Waals surface area contributed by atoms with Crippen LogP contribution in [0.2, 0.25) is 0 Å². The number of primary amides is 1. The molecule has 0 radical (unpaired) electrons. The van der Waals surface area contributed by atoms with Crippen molar-refractivity contribution in [2.75, 3.05) is 6.61 Å². The third-order valence-electron chi connectivity index (χ3n) is 5.35. The van der Waals surface area contributed by atoms with E-state index in [0.29, 0.717) is 11.8 Å². The summed E-state index contributed by atoms with van der Waals surface area (Å²) < 4.78 is 5.75. The van der Waals surface area contributed by atoms with Crippen molar-refractivity contribution in [1.82, 2.24) is 0 Å². The van der Waals surface area contributed by atoms with Crippen LogP contribution in [0.1, 0.15) is 49.1 Å². The molecule has 2 atom stereocenters. The second-order valence-electron chi connectivity index (χ2n) is 6.73. The second kappa shape index (κ2) is 4.24. The maximum Gasteiger partial charge on any atom is 0.223 e. The number of carbonyl (C=O) groups is 1. The molecule has 1 aliphatic heterocycles. The summed E-state index contributed by atoms with van der Waals surface area (Å²) >= 11 is 0. The van der Waals surface area contributed by atoms with Crippen molar-refractivity contribution in [3.8, 4) is 5.75 Å². The maximum atomic E-state index is 11.5. The zero-order chi connectivity index (χ0) is 13.7. The monoisotopic (exact) mass is 271 g/mol. The highest BCUT2D eigenvalue weighted by atomic mass is 16.5. The Balaban J connectivity index is 1.52. The molecule has 106 valence electrons. The highest BCUT2D eigenvalue weighted by molar-refractivity contribution is 5.83. The van der Waals surface area contributed by atoms with Gasteiger partial charge in [0.25, 0.3) is 0 Å². The van der Waals surface area contributed by atoms with Crippen molar-refractivity contribution in [1.29, 1.82) is 0 Å². The first-order valence-corrected chi connectivity index (χ1v) is 7.74. The van der Waals surface area contributed by atoms with Gasteiger partial charge >= 0.3 is 0 Å². The van der Waals surface area contributed by atoms with E-state index in [-0.39, 0.29) is 11.3 Å². The summed E-state index contributed by atoms with van der Waals surface area (Å²) in [5, 5.41) is 0. The summed E-state index contributed by atoms with van der Waals surface area (Å²) in [6, 6.07) is 6.44. The van der Waals surface area contributed by atoms with Gasteiger partial charge in [0, 0.05) is 5.41 Å². The van der Waals surface area contributed by atoms with E-state index in [4.69, 9.17) is 10.5 Å². The van der Waals surface area contributed by atoms with Crippen molar-refractivity contribution in [3.05, 3.63) is 29.3 Å². The lowest BCUT2D eigenvalue weighted by Crippen LogP contribution is -2.25. The molecule has 3 nitrogen and oxygen atoms in total. The summed E-state index contributed by atoms with van der Waals surface area (Å²) in [5.41, 5.74) is 8.27. The van der Waals surface area contributed by atoms with Crippen LogP contribution in [0.5, 0.6) is 5.75 Å². The molecule has 2 aliphatic carbocycles. The van der Waals surface area contributed by atoms with E-state index in [1.54, 1.807) is 0 Å². The first-order valence-electron chi connectivity index (χ1n) is 7.74. The molecule has 0 aromatic heterocycles. The van der Waals surface area contributed by atoms with E-state index in [1.807, 2.05) is 0 Å². The number of benzene rings is 1. The number of nitrogens with two attached hydrogens (primary N) is 1. The number of ether oxygens (including phenoxy) is 1. The van der Waals surface area contributed by atoms with Crippen LogP contribution >= 0.6 is 0 Å². The van der Waals surface area contributed by atoms with E-state index in [2.05, 4.69) is 18.2 Å². The van der Waals surface area contributed by atoms with Crippen LogP contribution in [0.3, 0.4) is 0 Å². The fraction of sp³-hybridized carbons (Fsp3) is 0.588. The first-order chi connectivity index (χ1) is 9.70. The molecule has 2 saturated carbocycles. The topological polar surface area (TPSA) is 52.3 Å². The number of amides is 1. The van der Waals surface area contributed by atoms with E-state index < -0.39 is 0 Å². The van der Waals surface area contributed by atoms with Gasteiger partial charge in [-0.25, -0.2) is 0 Å². The summed E-state index contributed by atoms with van der Waals surface area (Å²) in [6.45, 7) is 0.843. The lowest BCUT2D eigenvalue weighted by atomic mass is 9.92. The minimum Gasteiger partial charge on any atom is -0.493 e. The van der Waals surface area contributed by atoms with E-state index in [0.717, 1.165) is 44.5 Å². The number of hydrogen-bond donors (Lipinski definition) is 1. The SMILES string of the molecule is NC(=O)C1(CC2CC2c2cccc3c2CCCO3)CC1. The Kier molecular flexibility index (Phi) is 2.60. The van der Waals surface area contributed by atoms with Crippen LogP contribution < -0.4 is 10.5 Å². The molecule has 0 saturated heterocycles. The van der Waals surface area contributed by atoms with Gasteiger partial charge in [-0.1, -0.05) is 12.1 Å². The standard InChI is InChI=1S/C17H21NO2/c18-16(19)17(6-7-17)10-11-9-14(11)12-3-1-5-15-13(12)4-2-8-20-15/h1,3,5,11,14H,2,4,6-10H2,(H2,18,19). The van der Waals surface area contributed by atoms with Crippen molar-refractivity contribution < 1.29 is 9.53 Å². The van der Waals surface area contributed by atoms with Crippen LogP contribution in [-0.4, -0.2) is 12.5 Å². The zero-order valence-corrected chi connectivity index (χ0v) is 11.7. The summed E-state index contributed by atoms with van der Waals surface area (Å²) in [6.07, 6.45) is 6.47. The average Bonchev–Trinajstić information content (AvgIpc) is 3.36. The van der Waals surface area contributed by atoms with Gasteiger partial charge < -0.3 is 10.5 Å². The normalized spacial score (nSPS) is 29.2. The molecule has 3 aliphatic rings.